The topological polar surface area (TPSA) is 58.4 Å². The molecule has 0 amide bonds. The lowest BCUT2D eigenvalue weighted by atomic mass is 10.0. The lowest BCUT2D eigenvalue weighted by Gasteiger charge is -2.31. The summed E-state index contributed by atoms with van der Waals surface area (Å²) in [5.41, 5.74) is 1.91. The smallest absolute Gasteiger partial charge is 0.272 e. The van der Waals surface area contributed by atoms with Gasteiger partial charge >= 0.3 is 0 Å². The van der Waals surface area contributed by atoms with Gasteiger partial charge in [-0.2, -0.15) is 0 Å². The van der Waals surface area contributed by atoms with E-state index >= 15 is 0 Å². The quantitative estimate of drug-likeness (QED) is 0.679. The molecule has 0 spiro atoms. The fourth-order valence-electron chi connectivity index (χ4n) is 2.72. The van der Waals surface area contributed by atoms with Gasteiger partial charge in [-0.15, -0.1) is 0 Å². The molecular formula is C15H23N3O2. The molecule has 1 unspecified atom stereocenters. The van der Waals surface area contributed by atoms with Gasteiger partial charge in [-0.3, -0.25) is 10.1 Å². The van der Waals surface area contributed by atoms with Crippen molar-refractivity contribution in [3.63, 3.8) is 0 Å². The van der Waals surface area contributed by atoms with Crippen molar-refractivity contribution >= 4 is 5.69 Å². The van der Waals surface area contributed by atoms with Crippen LogP contribution >= 0.6 is 0 Å². The van der Waals surface area contributed by atoms with Crippen molar-refractivity contribution in [1.82, 2.24) is 10.2 Å². The second-order valence-electron chi connectivity index (χ2n) is 5.77. The van der Waals surface area contributed by atoms with Crippen molar-refractivity contribution < 1.29 is 4.92 Å². The average molecular weight is 277 g/mol. The summed E-state index contributed by atoms with van der Waals surface area (Å²) in [5, 5.41) is 14.6. The van der Waals surface area contributed by atoms with Gasteiger partial charge in [-0.1, -0.05) is 12.1 Å². The van der Waals surface area contributed by atoms with Crippen molar-refractivity contribution in [2.45, 2.75) is 38.8 Å². The summed E-state index contributed by atoms with van der Waals surface area (Å²) in [5.74, 6) is 0. The monoisotopic (exact) mass is 277 g/mol. The van der Waals surface area contributed by atoms with Gasteiger partial charge in [-0.05, 0) is 52.4 Å². The van der Waals surface area contributed by atoms with Crippen LogP contribution in [0.1, 0.15) is 36.9 Å². The Balaban J connectivity index is 2.03. The highest BCUT2D eigenvalue weighted by atomic mass is 16.6. The number of nitro benzene ring substituents is 1. The molecule has 0 bridgehead atoms. The molecule has 2 rings (SSSR count). The van der Waals surface area contributed by atoms with Gasteiger partial charge in [-0.25, -0.2) is 0 Å². The molecule has 0 saturated carbocycles. The Labute approximate surface area is 120 Å². The van der Waals surface area contributed by atoms with Gasteiger partial charge in [0, 0.05) is 23.7 Å². The van der Waals surface area contributed by atoms with Crippen molar-refractivity contribution in [3.8, 4) is 0 Å². The Morgan fingerprint density at radius 1 is 1.40 bits per heavy atom. The maximum Gasteiger partial charge on any atom is 0.272 e. The molecule has 0 radical (unpaired) electrons. The summed E-state index contributed by atoms with van der Waals surface area (Å²) in [6.45, 7) is 6.07. The summed E-state index contributed by atoms with van der Waals surface area (Å²) in [6, 6.07) is 6.15. The molecule has 1 fully saturated rings. The largest absolute Gasteiger partial charge is 0.307 e. The number of nitro groups is 1. The zero-order valence-electron chi connectivity index (χ0n) is 12.4. The normalized spacial score (nSPS) is 18.9. The Hall–Kier alpha value is -1.46. The van der Waals surface area contributed by atoms with E-state index in [1.165, 1.54) is 0 Å². The zero-order valence-corrected chi connectivity index (χ0v) is 12.4. The Kier molecular flexibility index (Phi) is 4.73. The summed E-state index contributed by atoms with van der Waals surface area (Å²) in [4.78, 5) is 13.0. The van der Waals surface area contributed by atoms with Crippen LogP contribution in [-0.4, -0.2) is 36.0 Å². The molecule has 5 heteroatoms. The second kappa shape index (κ2) is 6.33. The first-order valence-corrected chi connectivity index (χ1v) is 7.17. The van der Waals surface area contributed by atoms with Crippen molar-refractivity contribution in [1.29, 1.82) is 0 Å². The molecular weight excluding hydrogens is 254 g/mol. The third-order valence-electron chi connectivity index (χ3n) is 4.13. The van der Waals surface area contributed by atoms with E-state index in [0.29, 0.717) is 11.6 Å². The van der Waals surface area contributed by atoms with Gasteiger partial charge in [0.2, 0.25) is 0 Å². The zero-order chi connectivity index (χ0) is 14.7. The van der Waals surface area contributed by atoms with Crippen LogP contribution in [0, 0.1) is 17.0 Å². The van der Waals surface area contributed by atoms with Crippen LogP contribution < -0.4 is 5.32 Å². The van der Waals surface area contributed by atoms with E-state index in [1.807, 2.05) is 12.1 Å². The van der Waals surface area contributed by atoms with Crippen molar-refractivity contribution in [2.75, 3.05) is 20.1 Å². The number of hydrogen-bond donors (Lipinski definition) is 1. The minimum absolute atomic E-state index is 0.141. The maximum absolute atomic E-state index is 11.0. The summed E-state index contributed by atoms with van der Waals surface area (Å²) >= 11 is 0. The number of nitrogens with one attached hydrogen (secondary N) is 1. The Morgan fingerprint density at radius 3 is 2.65 bits per heavy atom. The summed E-state index contributed by atoms with van der Waals surface area (Å²) in [7, 11) is 2.14. The fourth-order valence-corrected chi connectivity index (χ4v) is 2.72. The third-order valence-corrected chi connectivity index (χ3v) is 4.13. The standard InChI is InChI=1S/C15H23N3O2/c1-11-4-5-13(10-15(11)18(19)20)12(2)16-14-6-8-17(3)9-7-14/h4-5,10,12,14,16H,6-9H2,1-3H3. The first-order chi connectivity index (χ1) is 9.47. The maximum atomic E-state index is 11.0. The van der Waals surface area contributed by atoms with Crippen LogP contribution in [-0.2, 0) is 0 Å². The predicted molar refractivity (Wildman–Crippen MR) is 79.9 cm³/mol. The number of aryl methyl sites for hydroxylation is 1. The molecule has 1 aromatic rings. The van der Waals surface area contributed by atoms with E-state index in [9.17, 15) is 10.1 Å². The van der Waals surface area contributed by atoms with Gasteiger partial charge in [0.05, 0.1) is 4.92 Å². The van der Waals surface area contributed by atoms with E-state index < -0.39 is 0 Å². The number of nitrogens with zero attached hydrogens (tertiary/aromatic N) is 2. The molecule has 110 valence electrons. The Bertz CT molecular complexity index is 482. The lowest BCUT2D eigenvalue weighted by Crippen LogP contribution is -2.41. The number of hydrogen-bond acceptors (Lipinski definition) is 4. The number of benzene rings is 1. The molecule has 1 heterocycles. The van der Waals surface area contributed by atoms with Crippen LogP contribution in [0.5, 0.6) is 0 Å². The first kappa shape index (κ1) is 14.9. The molecule has 5 nitrogen and oxygen atoms in total. The number of piperidine rings is 1. The highest BCUT2D eigenvalue weighted by Crippen LogP contribution is 2.24. The molecule has 1 atom stereocenters. The van der Waals surface area contributed by atoms with E-state index in [2.05, 4.69) is 24.2 Å². The molecule has 0 aliphatic carbocycles. The highest BCUT2D eigenvalue weighted by Gasteiger charge is 2.20. The first-order valence-electron chi connectivity index (χ1n) is 7.17. The van der Waals surface area contributed by atoms with Gasteiger partial charge < -0.3 is 10.2 Å². The summed E-state index contributed by atoms with van der Waals surface area (Å²) in [6.07, 6.45) is 2.27. The van der Waals surface area contributed by atoms with Crippen LogP contribution in [0.2, 0.25) is 0 Å². The van der Waals surface area contributed by atoms with E-state index in [0.717, 1.165) is 31.5 Å². The molecule has 1 aromatic carbocycles. The third kappa shape index (κ3) is 3.55. The molecule has 1 aliphatic rings. The lowest BCUT2D eigenvalue weighted by molar-refractivity contribution is -0.385. The van der Waals surface area contributed by atoms with Crippen LogP contribution in [0.3, 0.4) is 0 Å². The SMILES string of the molecule is Cc1ccc(C(C)NC2CCN(C)CC2)cc1[N+](=O)[O-]. The van der Waals surface area contributed by atoms with E-state index in [-0.39, 0.29) is 16.7 Å². The van der Waals surface area contributed by atoms with Gasteiger partial charge in [0.15, 0.2) is 0 Å². The molecule has 1 saturated heterocycles. The van der Waals surface area contributed by atoms with Crippen molar-refractivity contribution in [2.24, 2.45) is 0 Å². The van der Waals surface area contributed by atoms with Gasteiger partial charge in [0.1, 0.15) is 0 Å². The molecule has 0 aromatic heterocycles. The van der Waals surface area contributed by atoms with E-state index in [1.54, 1.807) is 13.0 Å². The van der Waals surface area contributed by atoms with E-state index in [4.69, 9.17) is 0 Å². The van der Waals surface area contributed by atoms with Crippen LogP contribution in [0.4, 0.5) is 5.69 Å². The number of rotatable bonds is 4. The average Bonchev–Trinajstić information content (AvgIpc) is 2.41. The predicted octanol–water partition coefficient (Wildman–Crippen LogP) is 2.65. The van der Waals surface area contributed by atoms with Crippen LogP contribution in [0.15, 0.2) is 18.2 Å². The minimum atomic E-state index is -0.304. The van der Waals surface area contributed by atoms with Crippen LogP contribution in [0.25, 0.3) is 0 Å². The molecule has 1 aliphatic heterocycles. The van der Waals surface area contributed by atoms with Crippen molar-refractivity contribution in [3.05, 3.63) is 39.4 Å². The number of likely N-dealkylation sites (tertiary alicyclic amines) is 1. The minimum Gasteiger partial charge on any atom is -0.307 e. The molecule has 20 heavy (non-hydrogen) atoms. The summed E-state index contributed by atoms with van der Waals surface area (Å²) < 4.78 is 0. The fraction of sp³-hybridized carbons (Fsp3) is 0.600. The Morgan fingerprint density at radius 2 is 2.05 bits per heavy atom. The van der Waals surface area contributed by atoms with Gasteiger partial charge in [0.25, 0.3) is 5.69 Å². The molecule has 1 N–H and O–H groups in total. The second-order valence-corrected chi connectivity index (χ2v) is 5.77. The highest BCUT2D eigenvalue weighted by molar-refractivity contribution is 5.43.